The van der Waals surface area contributed by atoms with E-state index in [0.29, 0.717) is 38.6 Å². The third-order valence-corrected chi connectivity index (χ3v) is 11.1. The van der Waals surface area contributed by atoms with Gasteiger partial charge in [-0.25, -0.2) is 0 Å². The van der Waals surface area contributed by atoms with Crippen LogP contribution in [0.5, 0.6) is 0 Å². The molecule has 4 N–H and O–H groups in total. The first-order valence-electron chi connectivity index (χ1n) is 20.2. The zero-order valence-corrected chi connectivity index (χ0v) is 38.2. The minimum atomic E-state index is 0.0618. The lowest BCUT2D eigenvalue weighted by molar-refractivity contribution is -0.120. The summed E-state index contributed by atoms with van der Waals surface area (Å²) in [4.78, 5) is 48.8. The Labute approximate surface area is 357 Å². The number of Topliss-reactive ketones (excluding diaryl/α,β-unsaturated/α-hetero) is 3. The van der Waals surface area contributed by atoms with Crippen LogP contribution in [0.3, 0.4) is 0 Å². The van der Waals surface area contributed by atoms with Crippen molar-refractivity contribution in [3.63, 3.8) is 0 Å². The van der Waals surface area contributed by atoms with Crippen molar-refractivity contribution in [3.8, 4) is 0 Å². The first kappa shape index (κ1) is 50.5. The third kappa shape index (κ3) is 18.5. The molecule has 0 aliphatic carbocycles. The van der Waals surface area contributed by atoms with Crippen LogP contribution in [0.25, 0.3) is 11.4 Å². The largest absolute Gasteiger partial charge is 0.307 e. The molecule has 0 radical (unpaired) electrons. The number of hydrogen-bond acceptors (Lipinski definition) is 13. The summed E-state index contributed by atoms with van der Waals surface area (Å²) in [6.45, 7) is 10.8. The van der Waals surface area contributed by atoms with Crippen LogP contribution in [0.4, 0.5) is 5.69 Å². The Balaban J connectivity index is 0.000000416. The zero-order valence-electron chi connectivity index (χ0n) is 35.7. The van der Waals surface area contributed by atoms with Crippen molar-refractivity contribution < 1.29 is 23.7 Å². The van der Waals surface area contributed by atoms with Gasteiger partial charge in [-0.05, 0) is 83.4 Å². The molecule has 0 aromatic heterocycles. The lowest BCUT2D eigenvalue weighted by Crippen LogP contribution is -2.38. The van der Waals surface area contributed by atoms with Crippen LogP contribution in [-0.4, -0.2) is 70.6 Å². The monoisotopic (exact) mass is 855 g/mol. The van der Waals surface area contributed by atoms with E-state index in [-0.39, 0.29) is 31.7 Å². The Morgan fingerprint density at radius 3 is 1.93 bits per heavy atom. The van der Waals surface area contributed by atoms with Gasteiger partial charge in [-0.3, -0.25) is 19.4 Å². The van der Waals surface area contributed by atoms with Crippen LogP contribution in [-0.2, 0) is 30.3 Å². The molecule has 3 aliphatic rings. The van der Waals surface area contributed by atoms with Crippen molar-refractivity contribution in [2.75, 3.05) is 42.3 Å². The van der Waals surface area contributed by atoms with Crippen LogP contribution >= 0.6 is 32.0 Å². The highest BCUT2D eigenvalue weighted by atomic mass is 32.2. The van der Waals surface area contributed by atoms with Gasteiger partial charge >= 0.3 is 0 Å². The van der Waals surface area contributed by atoms with Crippen molar-refractivity contribution in [2.24, 2.45) is 0 Å². The molecule has 3 aliphatic heterocycles. The molecule has 12 nitrogen and oxygen atoms in total. The van der Waals surface area contributed by atoms with E-state index < -0.39 is 0 Å². The van der Waals surface area contributed by atoms with E-state index in [9.17, 15) is 19.2 Å². The maximum atomic E-state index is 13.5. The van der Waals surface area contributed by atoms with Crippen molar-refractivity contribution >= 4 is 72.3 Å². The Bertz CT molecular complexity index is 1670. The summed E-state index contributed by atoms with van der Waals surface area (Å²) in [6, 6.07) is 16.2. The summed E-state index contributed by atoms with van der Waals surface area (Å²) in [6.07, 6.45) is 16.0. The van der Waals surface area contributed by atoms with Crippen LogP contribution in [0, 0.1) is 0 Å². The topological polar surface area (TPSA) is 143 Å². The van der Waals surface area contributed by atoms with Gasteiger partial charge in [0.25, 0.3) is 0 Å². The predicted octanol–water partition coefficient (Wildman–Crippen LogP) is 8.88. The van der Waals surface area contributed by atoms with Crippen LogP contribution in [0.15, 0.2) is 60.4 Å². The molecule has 2 aromatic rings. The van der Waals surface area contributed by atoms with Crippen molar-refractivity contribution in [1.29, 1.82) is 0 Å². The number of carbonyl (C=O) groups is 4. The van der Waals surface area contributed by atoms with Gasteiger partial charge in [0.2, 0.25) is 5.91 Å². The number of carbonyl (C=O) groups excluding carboxylic acids is 4. The normalized spacial score (nSPS) is 13.7. The Morgan fingerprint density at radius 2 is 1.31 bits per heavy atom. The summed E-state index contributed by atoms with van der Waals surface area (Å²) in [5.74, 6) is 0.668. The summed E-state index contributed by atoms with van der Waals surface area (Å²) in [5.41, 5.74) is 19.9. The van der Waals surface area contributed by atoms with E-state index in [1.165, 1.54) is 24.3 Å². The van der Waals surface area contributed by atoms with E-state index in [0.717, 1.165) is 78.2 Å². The molecule has 0 saturated carbocycles. The molecule has 1 amide bonds. The number of para-hydroxylation sites is 1. The molecule has 58 heavy (non-hydrogen) atoms. The highest BCUT2D eigenvalue weighted by Crippen LogP contribution is 2.40. The minimum Gasteiger partial charge on any atom is -0.307 e. The van der Waals surface area contributed by atoms with Gasteiger partial charge in [0, 0.05) is 73.5 Å². The van der Waals surface area contributed by atoms with E-state index in [2.05, 4.69) is 70.8 Å². The third-order valence-electron chi connectivity index (χ3n) is 9.18. The molecule has 5 rings (SSSR count). The lowest BCUT2D eigenvalue weighted by atomic mass is 9.95. The van der Waals surface area contributed by atoms with E-state index in [1.54, 1.807) is 27.4 Å². The Hall–Kier alpha value is -3.68. The average molecular weight is 856 g/mol. The molecular formula is C43H66N7O5PS2. The highest BCUT2D eigenvalue weighted by molar-refractivity contribution is 8.15. The number of nitrogens with one attached hydrogen (secondary N) is 4. The molecule has 320 valence electrons. The number of nitrogens with zero attached hydrogens (tertiary/aromatic N) is 3. The zero-order chi connectivity index (χ0) is 42.7. The molecule has 0 spiro atoms. The second-order valence-electron chi connectivity index (χ2n) is 14.2. The first-order chi connectivity index (χ1) is 28.0. The van der Waals surface area contributed by atoms with Gasteiger partial charge in [0.05, 0.1) is 23.6 Å². The van der Waals surface area contributed by atoms with Gasteiger partial charge in [0.1, 0.15) is 17.3 Å². The fraction of sp³-hybridized carbons (Fsp3) is 0.535. The van der Waals surface area contributed by atoms with E-state index >= 15 is 0 Å². The minimum absolute atomic E-state index is 0.0618. The van der Waals surface area contributed by atoms with Crippen LogP contribution in [0.2, 0.25) is 0 Å². The number of amides is 1. The maximum absolute atomic E-state index is 13.5. The summed E-state index contributed by atoms with van der Waals surface area (Å²) < 4.78 is 8.90. The molecule has 0 fully saturated rings. The second kappa shape index (κ2) is 29.5. The number of rotatable bonds is 19. The number of ketones is 3. The fourth-order valence-electron chi connectivity index (χ4n) is 6.34. The smallest absolute Gasteiger partial charge is 0.227 e. The first-order valence-corrected chi connectivity index (χ1v) is 24.2. The van der Waals surface area contributed by atoms with Crippen LogP contribution in [0.1, 0.15) is 121 Å². The van der Waals surface area contributed by atoms with E-state index in [1.807, 2.05) is 63.8 Å². The maximum Gasteiger partial charge on any atom is 0.227 e. The Morgan fingerprint density at radius 1 is 0.724 bits per heavy atom. The highest BCUT2D eigenvalue weighted by Gasteiger charge is 2.32. The number of anilines is 1. The SMILES string of the molecule is CC(=O)CCCCC(=O)N1Cc2ccccc2C2=C(c3ccccc31)N(CCCCC(C)=O)NN2.CCCCCN1C=C(CCC(C)=O)NN1.CP=O.CSCSC. The summed E-state index contributed by atoms with van der Waals surface area (Å²) in [5, 5.41) is 5.36. The number of benzene rings is 2. The lowest BCUT2D eigenvalue weighted by Gasteiger charge is -2.31. The number of thioether (sulfide) groups is 2. The molecule has 0 unspecified atom stereocenters. The molecule has 3 heterocycles. The molecule has 15 heteroatoms. The second-order valence-corrected chi connectivity index (χ2v) is 16.7. The summed E-state index contributed by atoms with van der Waals surface area (Å²) in [7, 11) is 0.167. The average Bonchev–Trinajstić information content (AvgIpc) is 3.84. The van der Waals surface area contributed by atoms with Gasteiger partial charge in [-0.1, -0.05) is 62.2 Å². The number of hydrogen-bond donors (Lipinski definition) is 4. The Kier molecular flexibility index (Phi) is 25.7. The number of hydrazine groups is 4. The van der Waals surface area contributed by atoms with Crippen molar-refractivity contribution in [3.05, 3.63) is 77.1 Å². The molecule has 2 aromatic carbocycles. The van der Waals surface area contributed by atoms with Gasteiger partial charge in [-0.15, -0.1) is 11.1 Å². The van der Waals surface area contributed by atoms with Crippen molar-refractivity contribution in [1.82, 2.24) is 31.9 Å². The van der Waals surface area contributed by atoms with Gasteiger partial charge in [0.15, 0.2) is 8.46 Å². The molecule has 0 saturated heterocycles. The fourth-order valence-corrected chi connectivity index (χ4v) is 7.28. The molecule has 0 bridgehead atoms. The quantitative estimate of drug-likeness (QED) is 0.0608. The van der Waals surface area contributed by atoms with Crippen molar-refractivity contribution in [2.45, 2.75) is 111 Å². The molecule has 0 atom stereocenters. The predicted molar refractivity (Wildman–Crippen MR) is 243 cm³/mol. The number of allylic oxidation sites excluding steroid dienone is 1. The number of fused-ring (bicyclic) bond motifs is 4. The standard InChI is InChI=1S/C28H34N4O3.C11H21N3O.C3H8S2.CH3OP/c1-20(33)11-3-8-17-26(35)31-19-22-13-4-5-14-23(22)27-28(24-15-6-7-16-25(24)31)32(30-29-27)18-10-9-12-21(2)34;1-3-4-5-8-14-9-11(12-13-14)7-6-10(2)15;1-4-3-5-2;1-3-2/h4-7,13-16,29-30H,3,8-12,17-19H2,1-2H3;9,12-13H,3-8H2,1-2H3;3H2,1-2H3;1H3. The summed E-state index contributed by atoms with van der Waals surface area (Å²) >= 11 is 3.73. The van der Waals surface area contributed by atoms with Crippen LogP contribution < -0.4 is 26.8 Å². The van der Waals surface area contributed by atoms with Gasteiger partial charge < -0.3 is 30.1 Å². The molecular weight excluding hydrogens is 790 g/mol. The van der Waals surface area contributed by atoms with Gasteiger partial charge in [-0.2, -0.15) is 23.5 Å². The van der Waals surface area contributed by atoms with E-state index in [4.69, 9.17) is 4.57 Å². The number of unbranched alkanes of at least 4 members (excludes halogenated alkanes) is 4.